The van der Waals surface area contributed by atoms with E-state index in [1.54, 1.807) is 12.1 Å². The molecule has 0 heterocycles. The minimum Gasteiger partial charge on any atom is -0.375 e. The zero-order chi connectivity index (χ0) is 15.1. The van der Waals surface area contributed by atoms with Crippen LogP contribution in [0.1, 0.15) is 22.3 Å². The van der Waals surface area contributed by atoms with Crippen molar-refractivity contribution in [3.05, 3.63) is 71.8 Å². The molecular weight excluding hydrogens is 282 g/mol. The number of hydrogen-bond acceptors (Lipinski definition) is 3. The quantitative estimate of drug-likeness (QED) is 0.385. The molecule has 0 bridgehead atoms. The lowest BCUT2D eigenvalue weighted by atomic mass is 10.0. The van der Waals surface area contributed by atoms with Crippen molar-refractivity contribution in [2.24, 2.45) is 10.8 Å². The van der Waals surface area contributed by atoms with Gasteiger partial charge in [0, 0.05) is 5.56 Å². The van der Waals surface area contributed by atoms with E-state index in [9.17, 15) is 4.79 Å². The Balaban J connectivity index is 2.23. The van der Waals surface area contributed by atoms with Crippen LogP contribution >= 0.6 is 12.2 Å². The smallest absolute Gasteiger partial charge is 0.184 e. The highest BCUT2D eigenvalue weighted by molar-refractivity contribution is 7.80. The molecule has 5 heteroatoms. The molecule has 0 unspecified atom stereocenters. The van der Waals surface area contributed by atoms with Crippen LogP contribution in [0.2, 0.25) is 0 Å². The minimum atomic E-state index is -0.0112. The molecule has 0 aliphatic rings. The molecule has 0 radical (unpaired) electrons. The van der Waals surface area contributed by atoms with E-state index in [1.165, 1.54) is 0 Å². The third-order valence-corrected chi connectivity index (χ3v) is 2.92. The topological polar surface area (TPSA) is 67.5 Å². The molecule has 3 N–H and O–H groups in total. The number of nitrogens with one attached hydrogen (secondary N) is 1. The van der Waals surface area contributed by atoms with Gasteiger partial charge in [0.05, 0.1) is 12.1 Å². The molecule has 2 rings (SSSR count). The first-order chi connectivity index (χ1) is 10.2. The molecule has 0 aliphatic carbocycles. The van der Waals surface area contributed by atoms with Gasteiger partial charge in [-0.1, -0.05) is 60.7 Å². The molecule has 106 valence electrons. The van der Waals surface area contributed by atoms with Crippen LogP contribution in [0.4, 0.5) is 0 Å². The summed E-state index contributed by atoms with van der Waals surface area (Å²) in [7, 11) is 0. The predicted molar refractivity (Wildman–Crippen MR) is 88.3 cm³/mol. The van der Waals surface area contributed by atoms with Crippen molar-refractivity contribution >= 4 is 28.8 Å². The predicted octanol–water partition coefficient (Wildman–Crippen LogP) is 2.50. The van der Waals surface area contributed by atoms with Gasteiger partial charge in [0.2, 0.25) is 0 Å². The van der Waals surface area contributed by atoms with E-state index in [2.05, 4.69) is 10.5 Å². The summed E-state index contributed by atoms with van der Waals surface area (Å²) in [5.41, 5.74) is 10.0. The number of hydrogen-bond donors (Lipinski definition) is 2. The summed E-state index contributed by atoms with van der Waals surface area (Å²) in [5.74, 6) is -0.0112. The second-order valence-electron chi connectivity index (χ2n) is 4.37. The summed E-state index contributed by atoms with van der Waals surface area (Å²) >= 11 is 4.75. The van der Waals surface area contributed by atoms with Crippen LogP contribution in [0.5, 0.6) is 0 Å². The first-order valence-electron chi connectivity index (χ1n) is 6.42. The summed E-state index contributed by atoms with van der Waals surface area (Å²) in [5, 5.41) is 4.20. The second kappa shape index (κ2) is 7.31. The lowest BCUT2D eigenvalue weighted by Crippen LogP contribution is -2.26. The van der Waals surface area contributed by atoms with E-state index in [-0.39, 0.29) is 17.3 Å². The molecule has 2 aromatic carbocycles. The minimum absolute atomic E-state index is 0.0112. The Labute approximate surface area is 128 Å². The van der Waals surface area contributed by atoms with Crippen LogP contribution in [0.25, 0.3) is 0 Å². The monoisotopic (exact) mass is 297 g/mol. The van der Waals surface area contributed by atoms with E-state index >= 15 is 0 Å². The number of benzene rings is 2. The van der Waals surface area contributed by atoms with Crippen molar-refractivity contribution in [2.45, 2.75) is 6.42 Å². The summed E-state index contributed by atoms with van der Waals surface area (Å²) in [4.78, 5) is 12.3. The third-order valence-electron chi connectivity index (χ3n) is 2.83. The number of ketones is 1. The zero-order valence-corrected chi connectivity index (χ0v) is 12.1. The number of carbonyl (C=O) groups excluding carboxylic acids is 1. The Morgan fingerprint density at radius 1 is 1.00 bits per heavy atom. The number of rotatable bonds is 5. The number of carbonyl (C=O) groups is 1. The molecule has 2 aromatic rings. The van der Waals surface area contributed by atoms with Crippen LogP contribution < -0.4 is 11.2 Å². The molecular formula is C16H15N3OS. The number of thiocarbonyl (C=S) groups is 1. The number of hydrazone groups is 1. The molecule has 0 amide bonds. The molecule has 0 saturated carbocycles. The molecule has 0 fully saturated rings. The Hall–Kier alpha value is -2.53. The van der Waals surface area contributed by atoms with Crippen LogP contribution in [0, 0.1) is 0 Å². The van der Waals surface area contributed by atoms with Crippen molar-refractivity contribution < 1.29 is 4.79 Å². The first-order valence-corrected chi connectivity index (χ1v) is 6.83. The summed E-state index contributed by atoms with van der Waals surface area (Å²) in [6.45, 7) is 0. The maximum absolute atomic E-state index is 12.3. The van der Waals surface area contributed by atoms with E-state index in [0.717, 1.165) is 5.56 Å². The van der Waals surface area contributed by atoms with Gasteiger partial charge in [-0.3, -0.25) is 10.2 Å². The molecule has 21 heavy (non-hydrogen) atoms. The van der Waals surface area contributed by atoms with Gasteiger partial charge in [-0.2, -0.15) is 5.10 Å². The zero-order valence-electron chi connectivity index (χ0n) is 11.3. The normalized spacial score (nSPS) is 11.0. The maximum Gasteiger partial charge on any atom is 0.184 e. The molecule has 0 aliphatic heterocycles. The highest BCUT2D eigenvalue weighted by Gasteiger charge is 2.12. The molecule has 0 spiro atoms. The van der Waals surface area contributed by atoms with Gasteiger partial charge in [-0.15, -0.1) is 0 Å². The van der Waals surface area contributed by atoms with Crippen molar-refractivity contribution in [2.75, 3.05) is 0 Å². The van der Waals surface area contributed by atoms with Gasteiger partial charge in [-0.25, -0.2) is 0 Å². The summed E-state index contributed by atoms with van der Waals surface area (Å²) in [6, 6.07) is 18.6. The maximum atomic E-state index is 12.3. The average Bonchev–Trinajstić information content (AvgIpc) is 2.52. The Kier molecular flexibility index (Phi) is 5.17. The van der Waals surface area contributed by atoms with Crippen LogP contribution in [-0.2, 0) is 0 Å². The van der Waals surface area contributed by atoms with Crippen LogP contribution in [-0.4, -0.2) is 16.6 Å². The molecule has 0 aromatic heterocycles. The van der Waals surface area contributed by atoms with Crippen LogP contribution in [0.3, 0.4) is 0 Å². The van der Waals surface area contributed by atoms with Gasteiger partial charge in [0.15, 0.2) is 10.9 Å². The second-order valence-corrected chi connectivity index (χ2v) is 4.81. The summed E-state index contributed by atoms with van der Waals surface area (Å²) in [6.07, 6.45) is 0.170. The van der Waals surface area contributed by atoms with Gasteiger partial charge < -0.3 is 5.73 Å². The standard InChI is InChI=1S/C16H15N3OS/c17-16(21)19-18-14(12-7-3-1-4-8-12)11-15(20)13-9-5-2-6-10-13/h1-10H,11H2,(H3,17,19,21). The summed E-state index contributed by atoms with van der Waals surface area (Å²) < 4.78 is 0. The van der Waals surface area contributed by atoms with Crippen molar-refractivity contribution in [3.63, 3.8) is 0 Å². The Bertz CT molecular complexity index is 654. The first kappa shape index (κ1) is 14.9. The van der Waals surface area contributed by atoms with Gasteiger partial charge in [0.25, 0.3) is 0 Å². The number of nitrogens with zero attached hydrogens (tertiary/aromatic N) is 1. The lowest BCUT2D eigenvalue weighted by Gasteiger charge is -2.07. The van der Waals surface area contributed by atoms with Crippen molar-refractivity contribution in [1.82, 2.24) is 5.43 Å². The number of nitrogens with two attached hydrogens (primary N) is 1. The Morgan fingerprint density at radius 3 is 2.05 bits per heavy atom. The fourth-order valence-electron chi connectivity index (χ4n) is 1.84. The van der Waals surface area contributed by atoms with E-state index < -0.39 is 0 Å². The Morgan fingerprint density at radius 2 is 1.52 bits per heavy atom. The molecule has 0 atom stereocenters. The molecule has 4 nitrogen and oxygen atoms in total. The van der Waals surface area contributed by atoms with Crippen LogP contribution in [0.15, 0.2) is 65.8 Å². The SMILES string of the molecule is NC(=S)NN=C(CC(=O)c1ccccc1)c1ccccc1. The van der Waals surface area contributed by atoms with Crippen molar-refractivity contribution in [3.8, 4) is 0 Å². The largest absolute Gasteiger partial charge is 0.375 e. The number of Topliss-reactive ketones (excluding diaryl/α,β-unsaturated/α-hetero) is 1. The van der Waals surface area contributed by atoms with Gasteiger partial charge >= 0.3 is 0 Å². The van der Waals surface area contributed by atoms with E-state index in [1.807, 2.05) is 48.5 Å². The van der Waals surface area contributed by atoms with E-state index in [0.29, 0.717) is 11.3 Å². The highest BCUT2D eigenvalue weighted by atomic mass is 32.1. The lowest BCUT2D eigenvalue weighted by molar-refractivity contribution is 0.100. The van der Waals surface area contributed by atoms with Gasteiger partial charge in [-0.05, 0) is 17.8 Å². The van der Waals surface area contributed by atoms with Gasteiger partial charge in [0.1, 0.15) is 0 Å². The fourth-order valence-corrected chi connectivity index (χ4v) is 1.88. The molecule has 0 saturated heterocycles. The van der Waals surface area contributed by atoms with Crippen molar-refractivity contribution in [1.29, 1.82) is 0 Å². The van der Waals surface area contributed by atoms with E-state index in [4.69, 9.17) is 18.0 Å². The average molecular weight is 297 g/mol. The highest BCUT2D eigenvalue weighted by Crippen LogP contribution is 2.09. The third kappa shape index (κ3) is 4.50. The fraction of sp³-hybridized carbons (Fsp3) is 0.0625.